The Morgan fingerprint density at radius 1 is 1.33 bits per heavy atom. The summed E-state index contributed by atoms with van der Waals surface area (Å²) in [5, 5.41) is 9.36. The van der Waals surface area contributed by atoms with Crippen LogP contribution in [0.4, 0.5) is 0 Å². The molecule has 0 unspecified atom stereocenters. The number of halogens is 2. The van der Waals surface area contributed by atoms with Gasteiger partial charge in [-0.3, -0.25) is 0 Å². The summed E-state index contributed by atoms with van der Waals surface area (Å²) < 4.78 is 25.8. The van der Waals surface area contributed by atoms with Crippen molar-refractivity contribution in [1.29, 1.82) is 0 Å². The van der Waals surface area contributed by atoms with Crippen LogP contribution in [0, 0.1) is 0 Å². The van der Waals surface area contributed by atoms with Crippen molar-refractivity contribution in [2.75, 3.05) is 7.05 Å². The first kappa shape index (κ1) is 15.7. The van der Waals surface area contributed by atoms with E-state index in [4.69, 9.17) is 28.3 Å². The molecule has 0 aromatic heterocycles. The smallest absolute Gasteiger partial charge is 0.244 e. The van der Waals surface area contributed by atoms with Gasteiger partial charge in [-0.05, 0) is 31.5 Å². The van der Waals surface area contributed by atoms with Crippen molar-refractivity contribution in [3.63, 3.8) is 0 Å². The number of aliphatic hydroxyl groups excluding tert-OH is 1. The summed E-state index contributed by atoms with van der Waals surface area (Å²) in [6.45, 7) is 3.14. The van der Waals surface area contributed by atoms with Gasteiger partial charge < -0.3 is 5.11 Å². The van der Waals surface area contributed by atoms with Crippen molar-refractivity contribution in [2.24, 2.45) is 0 Å². The largest absolute Gasteiger partial charge is 0.392 e. The Hall–Kier alpha value is -0.330. The van der Waals surface area contributed by atoms with E-state index in [2.05, 4.69) is 0 Å². The second-order valence-electron chi connectivity index (χ2n) is 4.15. The van der Waals surface area contributed by atoms with Crippen LogP contribution < -0.4 is 0 Å². The fraction of sp³-hybridized carbons (Fsp3) is 0.455. The van der Waals surface area contributed by atoms with Gasteiger partial charge in [0, 0.05) is 18.1 Å². The highest BCUT2D eigenvalue weighted by atomic mass is 35.5. The fourth-order valence-electron chi connectivity index (χ4n) is 1.35. The van der Waals surface area contributed by atoms with Crippen LogP contribution in [0.3, 0.4) is 0 Å². The second-order valence-corrected chi connectivity index (χ2v) is 6.93. The molecule has 0 heterocycles. The van der Waals surface area contributed by atoms with E-state index < -0.39 is 10.0 Å². The zero-order chi connectivity index (χ0) is 14.1. The Morgan fingerprint density at radius 3 is 2.33 bits per heavy atom. The summed E-state index contributed by atoms with van der Waals surface area (Å²) >= 11 is 11.8. The van der Waals surface area contributed by atoms with E-state index >= 15 is 0 Å². The van der Waals surface area contributed by atoms with Crippen molar-refractivity contribution in [3.8, 4) is 0 Å². The second kappa shape index (κ2) is 5.75. The molecule has 0 fully saturated rings. The maximum atomic E-state index is 12.3. The molecule has 0 aliphatic heterocycles. The predicted molar refractivity (Wildman–Crippen MR) is 72.5 cm³/mol. The number of aliphatic hydroxyl groups is 1. The monoisotopic (exact) mass is 311 g/mol. The van der Waals surface area contributed by atoms with Gasteiger partial charge in [0.25, 0.3) is 0 Å². The molecule has 0 saturated carbocycles. The van der Waals surface area contributed by atoms with Crippen LogP contribution in [0.15, 0.2) is 17.0 Å². The minimum atomic E-state index is -3.72. The highest BCUT2D eigenvalue weighted by Gasteiger charge is 2.27. The highest BCUT2D eigenvalue weighted by Crippen LogP contribution is 2.31. The van der Waals surface area contributed by atoms with Crippen molar-refractivity contribution in [3.05, 3.63) is 27.7 Å². The van der Waals surface area contributed by atoms with E-state index in [0.717, 1.165) is 0 Å². The third kappa shape index (κ3) is 2.97. The van der Waals surface area contributed by atoms with Gasteiger partial charge in [-0.25, -0.2) is 8.42 Å². The first-order valence-electron chi connectivity index (χ1n) is 5.28. The Balaban J connectivity index is 3.46. The summed E-state index contributed by atoms with van der Waals surface area (Å²) in [7, 11) is -2.25. The molecule has 0 aliphatic rings. The van der Waals surface area contributed by atoms with Gasteiger partial charge >= 0.3 is 0 Å². The van der Waals surface area contributed by atoms with Gasteiger partial charge in [0.05, 0.1) is 11.6 Å². The Bertz CT molecular complexity index is 543. The van der Waals surface area contributed by atoms with Crippen LogP contribution >= 0.6 is 23.2 Å². The average molecular weight is 312 g/mol. The summed E-state index contributed by atoms with van der Waals surface area (Å²) in [5.74, 6) is 0. The standard InChI is InChI=1S/C11H15Cl2NO3S/c1-7(2)14(3)18(16,17)10-5-9(12)4-8(6-15)11(10)13/h4-5,7,15H,6H2,1-3H3. The molecular formula is C11H15Cl2NO3S. The van der Waals surface area contributed by atoms with Crippen LogP contribution in [0.1, 0.15) is 19.4 Å². The topological polar surface area (TPSA) is 57.6 Å². The van der Waals surface area contributed by atoms with Crippen LogP contribution in [0.5, 0.6) is 0 Å². The first-order chi connectivity index (χ1) is 8.21. The number of benzene rings is 1. The van der Waals surface area contributed by atoms with Gasteiger partial charge in [0.1, 0.15) is 4.90 Å². The SMILES string of the molecule is CC(C)N(C)S(=O)(=O)c1cc(Cl)cc(CO)c1Cl. The minimum Gasteiger partial charge on any atom is -0.392 e. The molecule has 7 heteroatoms. The van der Waals surface area contributed by atoms with E-state index in [1.165, 1.54) is 23.5 Å². The normalized spacial score (nSPS) is 12.4. The number of hydrogen-bond acceptors (Lipinski definition) is 3. The minimum absolute atomic E-state index is 0.00870. The van der Waals surface area contributed by atoms with E-state index in [0.29, 0.717) is 5.56 Å². The molecule has 0 amide bonds. The third-order valence-electron chi connectivity index (χ3n) is 2.63. The number of sulfonamides is 1. The molecule has 18 heavy (non-hydrogen) atoms. The quantitative estimate of drug-likeness (QED) is 0.929. The molecule has 1 N–H and O–H groups in total. The first-order valence-corrected chi connectivity index (χ1v) is 7.48. The summed E-state index contributed by atoms with van der Waals surface area (Å²) in [5.41, 5.74) is 0.292. The molecule has 0 atom stereocenters. The van der Waals surface area contributed by atoms with Crippen molar-refractivity contribution >= 4 is 33.2 Å². The maximum absolute atomic E-state index is 12.3. The molecule has 1 rings (SSSR count). The molecule has 0 saturated heterocycles. The van der Waals surface area contributed by atoms with Crippen LogP contribution in [-0.4, -0.2) is 30.9 Å². The Morgan fingerprint density at radius 2 is 1.89 bits per heavy atom. The molecule has 0 aliphatic carbocycles. The molecule has 102 valence electrons. The Labute approximate surface area is 117 Å². The molecule has 1 aromatic rings. The summed E-state index contributed by atoms with van der Waals surface area (Å²) in [6.07, 6.45) is 0. The van der Waals surface area contributed by atoms with E-state index in [1.807, 2.05) is 0 Å². The molecule has 0 bridgehead atoms. The van der Waals surface area contributed by atoms with Gasteiger partial charge in [0.15, 0.2) is 0 Å². The highest BCUT2D eigenvalue weighted by molar-refractivity contribution is 7.89. The molecule has 0 radical (unpaired) electrons. The zero-order valence-electron chi connectivity index (χ0n) is 10.3. The van der Waals surface area contributed by atoms with E-state index in [9.17, 15) is 8.42 Å². The fourth-order valence-corrected chi connectivity index (χ4v) is 3.62. The lowest BCUT2D eigenvalue weighted by Crippen LogP contribution is -2.33. The summed E-state index contributed by atoms with van der Waals surface area (Å²) in [4.78, 5) is -0.0862. The van der Waals surface area contributed by atoms with Crippen LogP contribution in [0.2, 0.25) is 10.0 Å². The van der Waals surface area contributed by atoms with Crippen molar-refractivity contribution in [2.45, 2.75) is 31.4 Å². The van der Waals surface area contributed by atoms with Crippen LogP contribution in [-0.2, 0) is 16.6 Å². The lowest BCUT2D eigenvalue weighted by Gasteiger charge is -2.22. The van der Waals surface area contributed by atoms with Gasteiger partial charge in [-0.15, -0.1) is 0 Å². The average Bonchev–Trinajstić information content (AvgIpc) is 2.30. The lowest BCUT2D eigenvalue weighted by molar-refractivity contribution is 0.281. The third-order valence-corrected chi connectivity index (χ3v) is 5.47. The maximum Gasteiger partial charge on any atom is 0.244 e. The predicted octanol–water partition coefficient (Wildman–Crippen LogP) is 2.51. The number of rotatable bonds is 4. The molecule has 4 nitrogen and oxygen atoms in total. The molecule has 1 aromatic carbocycles. The van der Waals surface area contributed by atoms with Crippen molar-refractivity contribution in [1.82, 2.24) is 4.31 Å². The van der Waals surface area contributed by atoms with Gasteiger partial charge in [-0.1, -0.05) is 23.2 Å². The number of hydrogen-bond donors (Lipinski definition) is 1. The van der Waals surface area contributed by atoms with Crippen LogP contribution in [0.25, 0.3) is 0 Å². The summed E-state index contributed by atoms with van der Waals surface area (Å²) in [6, 6.07) is 2.53. The molecular weight excluding hydrogens is 297 g/mol. The van der Waals surface area contributed by atoms with Gasteiger partial charge in [-0.2, -0.15) is 4.31 Å². The van der Waals surface area contributed by atoms with Gasteiger partial charge in [0.2, 0.25) is 10.0 Å². The van der Waals surface area contributed by atoms with E-state index in [-0.39, 0.29) is 27.6 Å². The Kier molecular flexibility index (Phi) is 5.03. The number of nitrogens with zero attached hydrogens (tertiary/aromatic N) is 1. The zero-order valence-corrected chi connectivity index (χ0v) is 12.6. The van der Waals surface area contributed by atoms with Crippen molar-refractivity contribution < 1.29 is 13.5 Å². The van der Waals surface area contributed by atoms with E-state index in [1.54, 1.807) is 13.8 Å². The lowest BCUT2D eigenvalue weighted by atomic mass is 10.2. The molecule has 0 spiro atoms.